The smallest absolute Gasteiger partial charge is 0.256 e. The Bertz CT molecular complexity index is 511. The second kappa shape index (κ2) is 4.36. The first kappa shape index (κ1) is 10.7. The summed E-state index contributed by atoms with van der Waals surface area (Å²) in [7, 11) is 0. The molecule has 0 saturated carbocycles. The second-order valence-corrected chi connectivity index (χ2v) is 3.94. The minimum atomic E-state index is -0.313. The molecule has 6 heteroatoms. The molecule has 1 heterocycles. The summed E-state index contributed by atoms with van der Waals surface area (Å²) in [5, 5.41) is 18.3. The third kappa shape index (κ3) is 2.22. The van der Waals surface area contributed by atoms with Gasteiger partial charge in [-0.15, -0.1) is 0 Å². The Morgan fingerprint density at radius 1 is 1.44 bits per heavy atom. The number of phenols is 1. The first-order valence-corrected chi connectivity index (χ1v) is 5.25. The maximum Gasteiger partial charge on any atom is 0.256 e. The molecule has 0 radical (unpaired) electrons. The van der Waals surface area contributed by atoms with Crippen LogP contribution in [-0.4, -0.2) is 21.2 Å². The zero-order valence-electron chi connectivity index (χ0n) is 8.07. The number of aromatic amines is 1. The minimum absolute atomic E-state index is 0.0252. The van der Waals surface area contributed by atoms with E-state index in [0.717, 1.165) is 0 Å². The highest BCUT2D eigenvalue weighted by Crippen LogP contribution is 2.24. The summed E-state index contributed by atoms with van der Waals surface area (Å²) >= 11 is 3.14. The summed E-state index contributed by atoms with van der Waals surface area (Å²) in [6, 6.07) is 6.24. The fourth-order valence-electron chi connectivity index (χ4n) is 1.17. The number of rotatable bonds is 2. The van der Waals surface area contributed by atoms with Gasteiger partial charge in [0.05, 0.1) is 10.7 Å². The zero-order chi connectivity index (χ0) is 11.5. The number of hydrogen-bond donors (Lipinski definition) is 3. The predicted octanol–water partition coefficient (Wildman–Crippen LogP) is 2.13. The Balaban J connectivity index is 2.18. The lowest BCUT2D eigenvalue weighted by Crippen LogP contribution is -2.11. The number of nitrogens with zero attached hydrogens (tertiary/aromatic N) is 1. The standard InChI is InChI=1S/C10H8BrN3O2/c11-7-2-1-6(5-8(7)15)10(16)13-9-3-4-12-14-9/h1-5,15H,(H2,12,13,14,16). The zero-order valence-corrected chi connectivity index (χ0v) is 9.65. The fourth-order valence-corrected chi connectivity index (χ4v) is 1.42. The molecule has 3 N–H and O–H groups in total. The molecule has 0 atom stereocenters. The van der Waals surface area contributed by atoms with Gasteiger partial charge in [-0.2, -0.15) is 5.10 Å². The summed E-state index contributed by atoms with van der Waals surface area (Å²) in [6.07, 6.45) is 1.54. The molecular formula is C10H8BrN3O2. The average Bonchev–Trinajstić information content (AvgIpc) is 2.74. The van der Waals surface area contributed by atoms with Crippen LogP contribution < -0.4 is 5.32 Å². The van der Waals surface area contributed by atoms with Crippen LogP contribution in [0.15, 0.2) is 34.9 Å². The number of benzene rings is 1. The van der Waals surface area contributed by atoms with Crippen molar-refractivity contribution in [2.24, 2.45) is 0 Å². The molecule has 0 unspecified atom stereocenters. The molecule has 1 amide bonds. The topological polar surface area (TPSA) is 78.0 Å². The van der Waals surface area contributed by atoms with E-state index in [-0.39, 0.29) is 11.7 Å². The largest absolute Gasteiger partial charge is 0.507 e. The van der Waals surface area contributed by atoms with Crippen LogP contribution in [0.25, 0.3) is 0 Å². The van der Waals surface area contributed by atoms with Crippen LogP contribution in [0.5, 0.6) is 5.75 Å². The van der Waals surface area contributed by atoms with Crippen LogP contribution in [0.1, 0.15) is 10.4 Å². The highest BCUT2D eigenvalue weighted by atomic mass is 79.9. The number of aromatic nitrogens is 2. The number of halogens is 1. The molecule has 2 rings (SSSR count). The third-order valence-corrected chi connectivity index (χ3v) is 2.63. The lowest BCUT2D eigenvalue weighted by molar-refractivity contribution is 0.102. The maximum absolute atomic E-state index is 11.7. The molecule has 0 spiro atoms. The van der Waals surface area contributed by atoms with Gasteiger partial charge in [-0.3, -0.25) is 9.89 Å². The first-order valence-electron chi connectivity index (χ1n) is 4.46. The highest BCUT2D eigenvalue weighted by Gasteiger charge is 2.08. The van der Waals surface area contributed by atoms with Crippen molar-refractivity contribution in [3.63, 3.8) is 0 Å². The molecular weight excluding hydrogens is 274 g/mol. The summed E-state index contributed by atoms with van der Waals surface area (Å²) in [6.45, 7) is 0. The van der Waals surface area contributed by atoms with Crippen molar-refractivity contribution in [2.75, 3.05) is 5.32 Å². The Labute approximate surface area is 99.6 Å². The molecule has 0 aliphatic rings. The number of amides is 1. The summed E-state index contributed by atoms with van der Waals surface area (Å²) in [5.74, 6) is 0.219. The van der Waals surface area contributed by atoms with Crippen molar-refractivity contribution in [3.8, 4) is 5.75 Å². The number of aromatic hydroxyl groups is 1. The number of anilines is 1. The molecule has 82 valence electrons. The number of hydrogen-bond acceptors (Lipinski definition) is 3. The van der Waals surface area contributed by atoms with Crippen LogP contribution in [-0.2, 0) is 0 Å². The normalized spacial score (nSPS) is 10.1. The Hall–Kier alpha value is -1.82. The van der Waals surface area contributed by atoms with Gasteiger partial charge in [-0.1, -0.05) is 0 Å². The van der Waals surface area contributed by atoms with Crippen LogP contribution in [0.4, 0.5) is 5.82 Å². The SMILES string of the molecule is O=C(Nc1ccn[nH]1)c1ccc(Br)c(O)c1. The Morgan fingerprint density at radius 3 is 2.88 bits per heavy atom. The van der Waals surface area contributed by atoms with Crippen molar-refractivity contribution in [1.29, 1.82) is 0 Å². The van der Waals surface area contributed by atoms with Crippen molar-refractivity contribution in [1.82, 2.24) is 10.2 Å². The molecule has 1 aromatic carbocycles. The maximum atomic E-state index is 11.7. The third-order valence-electron chi connectivity index (χ3n) is 1.96. The average molecular weight is 282 g/mol. The quantitative estimate of drug-likeness (QED) is 0.789. The van der Waals surface area contributed by atoms with E-state index in [1.807, 2.05) is 0 Å². The van der Waals surface area contributed by atoms with E-state index in [2.05, 4.69) is 31.4 Å². The Morgan fingerprint density at radius 2 is 2.25 bits per heavy atom. The van der Waals surface area contributed by atoms with Crippen LogP contribution in [0.2, 0.25) is 0 Å². The lowest BCUT2D eigenvalue weighted by Gasteiger charge is -2.03. The van der Waals surface area contributed by atoms with E-state index >= 15 is 0 Å². The van der Waals surface area contributed by atoms with Crippen molar-refractivity contribution < 1.29 is 9.90 Å². The highest BCUT2D eigenvalue weighted by molar-refractivity contribution is 9.10. The van der Waals surface area contributed by atoms with Crippen molar-refractivity contribution in [3.05, 3.63) is 40.5 Å². The van der Waals surface area contributed by atoms with Gasteiger partial charge in [0, 0.05) is 11.6 Å². The fraction of sp³-hybridized carbons (Fsp3) is 0. The minimum Gasteiger partial charge on any atom is -0.507 e. The van der Waals surface area contributed by atoms with Crippen molar-refractivity contribution >= 4 is 27.7 Å². The van der Waals surface area contributed by atoms with Crippen LogP contribution in [0.3, 0.4) is 0 Å². The monoisotopic (exact) mass is 281 g/mol. The molecule has 2 aromatic rings. The Kier molecular flexibility index (Phi) is 2.91. The van der Waals surface area contributed by atoms with Gasteiger partial charge in [-0.25, -0.2) is 0 Å². The molecule has 0 aliphatic carbocycles. The molecule has 0 bridgehead atoms. The van der Waals surface area contributed by atoms with Gasteiger partial charge in [0.2, 0.25) is 0 Å². The molecule has 1 aromatic heterocycles. The van der Waals surface area contributed by atoms with E-state index in [1.165, 1.54) is 12.3 Å². The molecule has 0 saturated heterocycles. The van der Waals surface area contributed by atoms with Gasteiger partial charge < -0.3 is 10.4 Å². The van der Waals surface area contributed by atoms with Crippen LogP contribution in [0, 0.1) is 0 Å². The van der Waals surface area contributed by atoms with Crippen LogP contribution >= 0.6 is 15.9 Å². The number of nitrogens with one attached hydrogen (secondary N) is 2. The van der Waals surface area contributed by atoms with E-state index < -0.39 is 0 Å². The predicted molar refractivity (Wildman–Crippen MR) is 62.3 cm³/mol. The van der Waals surface area contributed by atoms with E-state index in [1.54, 1.807) is 18.2 Å². The first-order chi connectivity index (χ1) is 7.66. The van der Waals surface area contributed by atoms with E-state index in [9.17, 15) is 9.90 Å². The summed E-state index contributed by atoms with van der Waals surface area (Å²) in [5.41, 5.74) is 0.371. The molecule has 5 nitrogen and oxygen atoms in total. The molecule has 0 fully saturated rings. The number of H-pyrrole nitrogens is 1. The van der Waals surface area contributed by atoms with Crippen molar-refractivity contribution in [2.45, 2.75) is 0 Å². The molecule has 0 aliphatic heterocycles. The van der Waals surface area contributed by atoms with Gasteiger partial charge in [0.25, 0.3) is 5.91 Å². The van der Waals surface area contributed by atoms with Gasteiger partial charge in [0.1, 0.15) is 11.6 Å². The second-order valence-electron chi connectivity index (χ2n) is 3.09. The van der Waals surface area contributed by atoms with E-state index in [4.69, 9.17) is 0 Å². The summed E-state index contributed by atoms with van der Waals surface area (Å²) in [4.78, 5) is 11.7. The van der Waals surface area contributed by atoms with E-state index in [0.29, 0.717) is 15.9 Å². The number of carbonyl (C=O) groups excluding carboxylic acids is 1. The van der Waals surface area contributed by atoms with Gasteiger partial charge >= 0.3 is 0 Å². The summed E-state index contributed by atoms with van der Waals surface area (Å²) < 4.78 is 0.547. The molecule has 16 heavy (non-hydrogen) atoms. The van der Waals surface area contributed by atoms with Gasteiger partial charge in [0.15, 0.2) is 0 Å². The lowest BCUT2D eigenvalue weighted by atomic mass is 10.2. The number of carbonyl (C=O) groups is 1. The number of phenolic OH excluding ortho intramolecular Hbond substituents is 1. The van der Waals surface area contributed by atoms with Gasteiger partial charge in [-0.05, 0) is 34.1 Å².